The average Bonchev–Trinajstić information content (AvgIpc) is 2.47. The summed E-state index contributed by atoms with van der Waals surface area (Å²) in [5.74, 6) is 0. The molecule has 0 saturated carbocycles. The summed E-state index contributed by atoms with van der Waals surface area (Å²) in [6.07, 6.45) is 0. The van der Waals surface area contributed by atoms with Crippen LogP contribution in [0.1, 0.15) is 16.8 Å². The largest absolute Gasteiger partial charge is 0.356 e. The molecule has 68 valence electrons. The van der Waals surface area contributed by atoms with Gasteiger partial charge in [-0.05, 0) is 31.0 Å². The Morgan fingerprint density at radius 1 is 1.38 bits per heavy atom. The molecule has 0 unspecified atom stereocenters. The minimum Gasteiger partial charge on any atom is -0.356 e. The van der Waals surface area contributed by atoms with Gasteiger partial charge in [-0.2, -0.15) is 0 Å². The molecule has 0 atom stereocenters. The minimum atomic E-state index is 0.426. The SMILES string of the molecule is Cc1cc(C)c2onc(CN)c2c1. The smallest absolute Gasteiger partial charge is 0.170 e. The molecule has 1 aromatic carbocycles. The first kappa shape index (κ1) is 8.26. The fourth-order valence-electron chi connectivity index (χ4n) is 1.59. The van der Waals surface area contributed by atoms with Crippen molar-refractivity contribution in [3.8, 4) is 0 Å². The van der Waals surface area contributed by atoms with Gasteiger partial charge in [0.2, 0.25) is 0 Å². The van der Waals surface area contributed by atoms with E-state index in [0.717, 1.165) is 22.2 Å². The topological polar surface area (TPSA) is 52.0 Å². The lowest BCUT2D eigenvalue weighted by atomic mass is 10.1. The first-order valence-electron chi connectivity index (χ1n) is 4.28. The zero-order chi connectivity index (χ0) is 9.42. The molecular formula is C10H12N2O. The molecule has 0 aliphatic carbocycles. The lowest BCUT2D eigenvalue weighted by Gasteiger charge is -1.96. The van der Waals surface area contributed by atoms with Gasteiger partial charge in [-0.3, -0.25) is 0 Å². The van der Waals surface area contributed by atoms with Crippen molar-refractivity contribution in [2.75, 3.05) is 0 Å². The summed E-state index contributed by atoms with van der Waals surface area (Å²) in [7, 11) is 0. The van der Waals surface area contributed by atoms with Crippen molar-refractivity contribution >= 4 is 11.0 Å². The van der Waals surface area contributed by atoms with E-state index < -0.39 is 0 Å². The summed E-state index contributed by atoms with van der Waals surface area (Å²) in [6, 6.07) is 4.13. The molecule has 3 nitrogen and oxygen atoms in total. The Hall–Kier alpha value is -1.35. The summed E-state index contributed by atoms with van der Waals surface area (Å²) in [5.41, 5.74) is 9.55. The van der Waals surface area contributed by atoms with Crippen LogP contribution >= 0.6 is 0 Å². The number of fused-ring (bicyclic) bond motifs is 1. The second-order valence-electron chi connectivity index (χ2n) is 3.29. The maximum absolute atomic E-state index is 5.54. The number of hydrogen-bond acceptors (Lipinski definition) is 3. The van der Waals surface area contributed by atoms with Crippen LogP contribution in [0.3, 0.4) is 0 Å². The van der Waals surface area contributed by atoms with E-state index in [1.54, 1.807) is 0 Å². The summed E-state index contributed by atoms with van der Waals surface area (Å²) in [5, 5.41) is 4.96. The monoisotopic (exact) mass is 176 g/mol. The van der Waals surface area contributed by atoms with Gasteiger partial charge in [0.15, 0.2) is 5.58 Å². The second-order valence-corrected chi connectivity index (χ2v) is 3.29. The molecule has 0 aliphatic rings. The van der Waals surface area contributed by atoms with E-state index in [-0.39, 0.29) is 0 Å². The predicted molar refractivity (Wildman–Crippen MR) is 51.4 cm³/mol. The molecule has 0 radical (unpaired) electrons. The van der Waals surface area contributed by atoms with E-state index in [1.165, 1.54) is 5.56 Å². The van der Waals surface area contributed by atoms with Gasteiger partial charge in [-0.25, -0.2) is 0 Å². The van der Waals surface area contributed by atoms with E-state index in [1.807, 2.05) is 6.92 Å². The number of nitrogens with zero attached hydrogens (tertiary/aromatic N) is 1. The number of rotatable bonds is 1. The first-order valence-corrected chi connectivity index (χ1v) is 4.28. The lowest BCUT2D eigenvalue weighted by Crippen LogP contribution is -1.96. The van der Waals surface area contributed by atoms with Crippen molar-refractivity contribution in [1.82, 2.24) is 5.16 Å². The maximum atomic E-state index is 5.54. The average molecular weight is 176 g/mol. The Bertz CT molecular complexity index is 445. The van der Waals surface area contributed by atoms with Crippen LogP contribution in [-0.4, -0.2) is 5.16 Å². The van der Waals surface area contributed by atoms with Crippen molar-refractivity contribution in [2.24, 2.45) is 5.73 Å². The Balaban J connectivity index is 2.82. The Morgan fingerprint density at radius 3 is 2.85 bits per heavy atom. The molecule has 1 heterocycles. The van der Waals surface area contributed by atoms with Gasteiger partial charge in [0.05, 0.1) is 0 Å². The predicted octanol–water partition coefficient (Wildman–Crippen LogP) is 1.90. The molecule has 1 aromatic heterocycles. The van der Waals surface area contributed by atoms with Gasteiger partial charge in [0.25, 0.3) is 0 Å². The van der Waals surface area contributed by atoms with Crippen molar-refractivity contribution < 1.29 is 4.52 Å². The molecule has 0 bridgehead atoms. The highest BCUT2D eigenvalue weighted by Gasteiger charge is 2.08. The van der Waals surface area contributed by atoms with Crippen LogP contribution in [0.25, 0.3) is 11.0 Å². The van der Waals surface area contributed by atoms with Crippen molar-refractivity contribution in [1.29, 1.82) is 0 Å². The molecular weight excluding hydrogens is 164 g/mol. The third-order valence-electron chi connectivity index (χ3n) is 2.17. The van der Waals surface area contributed by atoms with Gasteiger partial charge in [-0.15, -0.1) is 0 Å². The normalized spacial score (nSPS) is 11.0. The highest BCUT2D eigenvalue weighted by Crippen LogP contribution is 2.23. The van der Waals surface area contributed by atoms with Crippen LogP contribution in [0.5, 0.6) is 0 Å². The van der Waals surface area contributed by atoms with E-state index in [0.29, 0.717) is 6.54 Å². The van der Waals surface area contributed by atoms with Crippen LogP contribution in [0, 0.1) is 13.8 Å². The van der Waals surface area contributed by atoms with Crippen LogP contribution in [0.2, 0.25) is 0 Å². The van der Waals surface area contributed by atoms with Gasteiger partial charge >= 0.3 is 0 Å². The summed E-state index contributed by atoms with van der Waals surface area (Å²) in [6.45, 7) is 4.50. The number of aromatic nitrogens is 1. The van der Waals surface area contributed by atoms with Crippen LogP contribution in [0.4, 0.5) is 0 Å². The van der Waals surface area contributed by atoms with Crippen LogP contribution in [-0.2, 0) is 6.54 Å². The van der Waals surface area contributed by atoms with E-state index in [4.69, 9.17) is 10.3 Å². The highest BCUT2D eigenvalue weighted by atomic mass is 16.5. The quantitative estimate of drug-likeness (QED) is 0.722. The highest BCUT2D eigenvalue weighted by molar-refractivity contribution is 5.83. The van der Waals surface area contributed by atoms with Gasteiger partial charge < -0.3 is 10.3 Å². The zero-order valence-corrected chi connectivity index (χ0v) is 7.79. The fourth-order valence-corrected chi connectivity index (χ4v) is 1.59. The van der Waals surface area contributed by atoms with Gasteiger partial charge in [0, 0.05) is 11.9 Å². The van der Waals surface area contributed by atoms with Gasteiger partial charge in [-0.1, -0.05) is 11.2 Å². The Morgan fingerprint density at radius 2 is 2.15 bits per heavy atom. The van der Waals surface area contributed by atoms with Gasteiger partial charge in [0.1, 0.15) is 5.69 Å². The first-order chi connectivity index (χ1) is 6.22. The van der Waals surface area contributed by atoms with Crippen molar-refractivity contribution in [2.45, 2.75) is 20.4 Å². The molecule has 13 heavy (non-hydrogen) atoms. The summed E-state index contributed by atoms with van der Waals surface area (Å²) < 4.78 is 5.20. The standard InChI is InChI=1S/C10H12N2O/c1-6-3-7(2)10-8(4-6)9(5-11)12-13-10/h3-4H,5,11H2,1-2H3. The fraction of sp³-hybridized carbons (Fsp3) is 0.300. The molecule has 0 amide bonds. The molecule has 2 rings (SSSR count). The minimum absolute atomic E-state index is 0.426. The molecule has 0 spiro atoms. The third kappa shape index (κ3) is 1.21. The number of hydrogen-bond donors (Lipinski definition) is 1. The molecule has 0 saturated heterocycles. The molecule has 2 N–H and O–H groups in total. The van der Waals surface area contributed by atoms with Crippen molar-refractivity contribution in [3.63, 3.8) is 0 Å². The Kier molecular flexibility index (Phi) is 1.81. The lowest BCUT2D eigenvalue weighted by molar-refractivity contribution is 0.445. The summed E-state index contributed by atoms with van der Waals surface area (Å²) >= 11 is 0. The molecule has 0 aliphatic heterocycles. The zero-order valence-electron chi connectivity index (χ0n) is 7.79. The second kappa shape index (κ2) is 2.85. The summed E-state index contributed by atoms with van der Waals surface area (Å²) in [4.78, 5) is 0. The number of nitrogens with two attached hydrogens (primary N) is 1. The molecule has 3 heteroatoms. The Labute approximate surface area is 76.5 Å². The van der Waals surface area contributed by atoms with Crippen LogP contribution in [0.15, 0.2) is 16.7 Å². The number of aryl methyl sites for hydroxylation is 2. The maximum Gasteiger partial charge on any atom is 0.170 e. The van der Waals surface area contributed by atoms with E-state index in [9.17, 15) is 0 Å². The third-order valence-corrected chi connectivity index (χ3v) is 2.17. The van der Waals surface area contributed by atoms with Crippen LogP contribution < -0.4 is 5.73 Å². The molecule has 2 aromatic rings. The van der Waals surface area contributed by atoms with E-state index in [2.05, 4.69) is 24.2 Å². The molecule has 0 fully saturated rings. The van der Waals surface area contributed by atoms with Crippen molar-refractivity contribution in [3.05, 3.63) is 29.0 Å². The number of benzene rings is 1. The van der Waals surface area contributed by atoms with E-state index >= 15 is 0 Å².